The van der Waals surface area contributed by atoms with Gasteiger partial charge in [-0.05, 0) is 55.8 Å². The first-order valence-electron chi connectivity index (χ1n) is 13.4. The quantitative estimate of drug-likeness (QED) is 0.260. The molecule has 0 radical (unpaired) electrons. The number of benzene rings is 3. The molecule has 7 nitrogen and oxygen atoms in total. The second-order valence-corrected chi connectivity index (χ2v) is 10.5. The van der Waals surface area contributed by atoms with Crippen LogP contribution in [0.1, 0.15) is 21.7 Å². The van der Waals surface area contributed by atoms with Gasteiger partial charge in [0.15, 0.2) is 0 Å². The van der Waals surface area contributed by atoms with Crippen molar-refractivity contribution in [2.24, 2.45) is 0 Å². The molecule has 2 N–H and O–H groups in total. The number of hydrogen-bond donors (Lipinski definition) is 2. The molecule has 5 rings (SSSR count). The summed E-state index contributed by atoms with van der Waals surface area (Å²) in [5.41, 5.74) is 4.65. The molecule has 0 spiro atoms. The Morgan fingerprint density at radius 3 is 2.31 bits per heavy atom. The summed E-state index contributed by atoms with van der Waals surface area (Å²) in [7, 11) is 0. The zero-order valence-electron chi connectivity index (χ0n) is 23.5. The van der Waals surface area contributed by atoms with E-state index < -0.39 is 6.10 Å². The van der Waals surface area contributed by atoms with Gasteiger partial charge in [-0.2, -0.15) is 0 Å². The lowest BCUT2D eigenvalue weighted by Gasteiger charge is -2.37. The van der Waals surface area contributed by atoms with E-state index in [0.717, 1.165) is 48.0 Å². The predicted molar refractivity (Wildman–Crippen MR) is 171 cm³/mol. The fourth-order valence-electron chi connectivity index (χ4n) is 5.17. The van der Waals surface area contributed by atoms with Crippen LogP contribution in [0.4, 0.5) is 10.1 Å². The van der Waals surface area contributed by atoms with Crippen molar-refractivity contribution in [3.05, 3.63) is 101 Å². The summed E-state index contributed by atoms with van der Waals surface area (Å²) >= 11 is 6.30. The Labute approximate surface area is 263 Å². The van der Waals surface area contributed by atoms with Crippen LogP contribution in [0.3, 0.4) is 0 Å². The fraction of sp³-hybridized carbons (Fsp3) is 0.290. The number of carbonyl (C=O) groups is 1. The zero-order valence-corrected chi connectivity index (χ0v) is 25.9. The number of rotatable bonds is 8. The van der Waals surface area contributed by atoms with Gasteiger partial charge in [0.05, 0.1) is 11.8 Å². The van der Waals surface area contributed by atoms with Crippen LogP contribution in [0, 0.1) is 19.7 Å². The number of β-amino-alcohol motifs (C(OH)–C–C–N with tert-alkyl or cyclic N) is 1. The average Bonchev–Trinajstić information content (AvgIpc) is 3.31. The molecule has 1 aliphatic heterocycles. The molecule has 11 heteroatoms. The highest BCUT2D eigenvalue weighted by Gasteiger charge is 2.24. The summed E-state index contributed by atoms with van der Waals surface area (Å²) in [6.45, 7) is 7.69. The zero-order chi connectivity index (χ0) is 28.2. The third-order valence-electron chi connectivity index (χ3n) is 7.36. The van der Waals surface area contributed by atoms with E-state index in [2.05, 4.69) is 26.2 Å². The van der Waals surface area contributed by atoms with Crippen molar-refractivity contribution in [1.82, 2.24) is 19.8 Å². The van der Waals surface area contributed by atoms with Crippen molar-refractivity contribution in [3.63, 3.8) is 0 Å². The number of piperazine rings is 1. The van der Waals surface area contributed by atoms with E-state index in [9.17, 15) is 14.3 Å². The summed E-state index contributed by atoms with van der Waals surface area (Å²) in [6.07, 6.45) is -0.725. The Bertz CT molecular complexity index is 1480. The van der Waals surface area contributed by atoms with Crippen LogP contribution in [0.25, 0.3) is 17.1 Å². The molecule has 0 bridgehead atoms. The number of imidazole rings is 1. The molecule has 0 saturated carbocycles. The number of nitrogens with one attached hydrogen (secondary N) is 1. The van der Waals surface area contributed by atoms with Crippen molar-refractivity contribution >= 4 is 48.0 Å². The number of amides is 1. The van der Waals surface area contributed by atoms with Crippen LogP contribution in [0.15, 0.2) is 72.8 Å². The first kappa shape index (κ1) is 33.4. The summed E-state index contributed by atoms with van der Waals surface area (Å²) < 4.78 is 15.5. The number of hydrogen-bond acceptors (Lipinski definition) is 5. The van der Waals surface area contributed by atoms with Crippen molar-refractivity contribution in [2.45, 2.75) is 20.0 Å². The van der Waals surface area contributed by atoms with Gasteiger partial charge in [-0.25, -0.2) is 9.37 Å². The molecule has 1 amide bonds. The Morgan fingerprint density at radius 2 is 1.64 bits per heavy atom. The van der Waals surface area contributed by atoms with Crippen LogP contribution in [0.5, 0.6) is 0 Å². The molecular weight excluding hydrogens is 600 g/mol. The Hall–Kier alpha value is -3.14. The van der Waals surface area contributed by atoms with Gasteiger partial charge in [-0.15, -0.1) is 24.8 Å². The SMILES string of the molecule is Cc1c(Cl)cccc1N1CCN(CC(O)CNC(=O)c2nc(-c3ccccc3)n(-c3ccc(F)cc3)c2C)CC1.Cl.Cl. The minimum Gasteiger partial charge on any atom is -0.390 e. The van der Waals surface area contributed by atoms with Crippen LogP contribution in [0.2, 0.25) is 5.02 Å². The van der Waals surface area contributed by atoms with Crippen LogP contribution >= 0.6 is 36.4 Å². The highest BCUT2D eigenvalue weighted by Crippen LogP contribution is 2.28. The molecule has 1 unspecified atom stereocenters. The highest BCUT2D eigenvalue weighted by molar-refractivity contribution is 6.31. The maximum Gasteiger partial charge on any atom is 0.271 e. The second kappa shape index (κ2) is 14.8. The molecular formula is C31H35Cl3FN5O2. The number of anilines is 1. The lowest BCUT2D eigenvalue weighted by Crippen LogP contribution is -2.50. The third kappa shape index (κ3) is 7.43. The molecule has 1 aliphatic rings. The molecule has 1 atom stereocenters. The third-order valence-corrected chi connectivity index (χ3v) is 7.77. The molecule has 1 aromatic heterocycles. The standard InChI is InChI=1S/C31H33ClFN5O2.2ClH/c1-21-27(32)9-6-10-28(21)37-17-15-36(16-18-37)20-26(39)19-34-31(40)29-22(2)38(25-13-11-24(33)12-14-25)30(35-29)23-7-4-3-5-8-23;;/h3-14,26,39H,15-20H2,1-2H3,(H,34,40);2*1H. The maximum atomic E-state index is 13.6. The smallest absolute Gasteiger partial charge is 0.271 e. The number of carbonyl (C=O) groups excluding carboxylic acids is 1. The number of nitrogens with zero attached hydrogens (tertiary/aromatic N) is 4. The van der Waals surface area contributed by atoms with E-state index in [1.165, 1.54) is 12.1 Å². The summed E-state index contributed by atoms with van der Waals surface area (Å²) in [5, 5.41) is 14.3. The number of halogens is 4. The number of aliphatic hydroxyl groups excluding tert-OH is 1. The van der Waals surface area contributed by atoms with E-state index in [-0.39, 0.29) is 48.8 Å². The number of aromatic nitrogens is 2. The van der Waals surface area contributed by atoms with E-state index in [4.69, 9.17) is 11.6 Å². The van der Waals surface area contributed by atoms with E-state index in [1.54, 1.807) is 12.1 Å². The molecule has 3 aromatic carbocycles. The predicted octanol–water partition coefficient (Wildman–Crippen LogP) is 5.71. The van der Waals surface area contributed by atoms with E-state index in [0.29, 0.717) is 23.8 Å². The van der Waals surface area contributed by atoms with Crippen molar-refractivity contribution in [3.8, 4) is 17.1 Å². The Kier molecular flexibility index (Phi) is 11.8. The van der Waals surface area contributed by atoms with Gasteiger partial charge in [0.2, 0.25) is 0 Å². The topological polar surface area (TPSA) is 73.6 Å². The molecule has 1 saturated heterocycles. The first-order valence-corrected chi connectivity index (χ1v) is 13.8. The lowest BCUT2D eigenvalue weighted by molar-refractivity contribution is 0.0847. The minimum absolute atomic E-state index is 0. The van der Waals surface area contributed by atoms with Gasteiger partial charge in [0.1, 0.15) is 17.3 Å². The molecule has 1 fully saturated rings. The van der Waals surface area contributed by atoms with Gasteiger partial charge in [0.25, 0.3) is 5.91 Å². The monoisotopic (exact) mass is 633 g/mol. The van der Waals surface area contributed by atoms with Gasteiger partial charge in [0, 0.05) is 61.2 Å². The molecule has 4 aromatic rings. The molecule has 42 heavy (non-hydrogen) atoms. The van der Waals surface area contributed by atoms with Crippen molar-refractivity contribution in [2.75, 3.05) is 44.2 Å². The number of aliphatic hydroxyl groups is 1. The van der Waals surface area contributed by atoms with Crippen molar-refractivity contribution < 1.29 is 14.3 Å². The van der Waals surface area contributed by atoms with E-state index in [1.807, 2.05) is 60.9 Å². The maximum absolute atomic E-state index is 13.6. The van der Waals surface area contributed by atoms with Gasteiger partial charge < -0.3 is 15.3 Å². The minimum atomic E-state index is -0.725. The summed E-state index contributed by atoms with van der Waals surface area (Å²) in [6, 6.07) is 21.6. The normalized spacial score (nSPS) is 14.1. The molecule has 224 valence electrons. The first-order chi connectivity index (χ1) is 19.3. The van der Waals surface area contributed by atoms with Crippen LogP contribution in [-0.4, -0.2) is 70.8 Å². The van der Waals surface area contributed by atoms with E-state index >= 15 is 0 Å². The van der Waals surface area contributed by atoms with Gasteiger partial charge >= 0.3 is 0 Å². The average molecular weight is 635 g/mol. The summed E-state index contributed by atoms with van der Waals surface area (Å²) in [4.78, 5) is 22.4. The summed E-state index contributed by atoms with van der Waals surface area (Å²) in [5.74, 6) is -0.116. The van der Waals surface area contributed by atoms with Crippen molar-refractivity contribution in [1.29, 1.82) is 0 Å². The molecule has 2 heterocycles. The van der Waals surface area contributed by atoms with Gasteiger partial charge in [-0.1, -0.05) is 48.0 Å². The highest BCUT2D eigenvalue weighted by atomic mass is 35.5. The van der Waals surface area contributed by atoms with Crippen LogP contribution < -0.4 is 10.2 Å². The fourth-order valence-corrected chi connectivity index (χ4v) is 5.34. The molecule has 0 aliphatic carbocycles. The van der Waals surface area contributed by atoms with Crippen LogP contribution in [-0.2, 0) is 0 Å². The Morgan fingerprint density at radius 1 is 0.976 bits per heavy atom. The second-order valence-electron chi connectivity index (χ2n) is 10.1. The van der Waals surface area contributed by atoms with Gasteiger partial charge in [-0.3, -0.25) is 14.3 Å². The largest absolute Gasteiger partial charge is 0.390 e. The Balaban J connectivity index is 0.00000242. The lowest BCUT2D eigenvalue weighted by atomic mass is 10.1.